The molecule has 1 unspecified atom stereocenters. The van der Waals surface area contributed by atoms with Gasteiger partial charge in [0.25, 0.3) is 0 Å². The van der Waals surface area contributed by atoms with Crippen LogP contribution in [0, 0.1) is 0 Å². The van der Waals surface area contributed by atoms with Crippen LogP contribution in [0.5, 0.6) is 0 Å². The Labute approximate surface area is 70.6 Å². The lowest BCUT2D eigenvalue weighted by atomic mass is 9.99. The number of rotatable bonds is 3. The Bertz CT molecular complexity index is 155. The SMILES string of the molecule is CCNC1(C(=O)O)CCSC1. The Morgan fingerprint density at radius 3 is 2.91 bits per heavy atom. The van der Waals surface area contributed by atoms with E-state index in [1.807, 2.05) is 6.92 Å². The van der Waals surface area contributed by atoms with Gasteiger partial charge in [-0.15, -0.1) is 0 Å². The summed E-state index contributed by atoms with van der Waals surface area (Å²) in [5.74, 6) is 0.958. The van der Waals surface area contributed by atoms with Crippen molar-refractivity contribution in [2.75, 3.05) is 18.1 Å². The average Bonchev–Trinajstić information content (AvgIpc) is 2.38. The lowest BCUT2D eigenvalue weighted by Crippen LogP contribution is -2.52. The lowest BCUT2D eigenvalue weighted by molar-refractivity contribution is -0.143. The van der Waals surface area contributed by atoms with Crippen molar-refractivity contribution >= 4 is 17.7 Å². The molecule has 0 radical (unpaired) electrons. The molecule has 0 aliphatic carbocycles. The van der Waals surface area contributed by atoms with E-state index in [-0.39, 0.29) is 0 Å². The summed E-state index contributed by atoms with van der Waals surface area (Å²) in [6.07, 6.45) is 0.751. The van der Waals surface area contributed by atoms with Crippen LogP contribution >= 0.6 is 11.8 Å². The maximum absolute atomic E-state index is 10.8. The number of hydrogen-bond acceptors (Lipinski definition) is 3. The molecule has 1 saturated heterocycles. The minimum absolute atomic E-state index is 0.626. The quantitative estimate of drug-likeness (QED) is 0.658. The summed E-state index contributed by atoms with van der Waals surface area (Å²) in [4.78, 5) is 10.8. The Balaban J connectivity index is 2.62. The highest BCUT2D eigenvalue weighted by Gasteiger charge is 2.40. The second kappa shape index (κ2) is 3.45. The summed E-state index contributed by atoms with van der Waals surface area (Å²) in [5, 5.41) is 12.0. The fourth-order valence-electron chi connectivity index (χ4n) is 1.29. The number of thioether (sulfide) groups is 1. The molecule has 4 heteroatoms. The van der Waals surface area contributed by atoms with Gasteiger partial charge in [-0.05, 0) is 18.7 Å². The number of nitrogens with one attached hydrogen (secondary N) is 1. The fraction of sp³-hybridized carbons (Fsp3) is 0.857. The van der Waals surface area contributed by atoms with Crippen LogP contribution in [0.25, 0.3) is 0 Å². The first-order valence-corrected chi connectivity index (χ1v) is 4.93. The van der Waals surface area contributed by atoms with E-state index in [1.54, 1.807) is 11.8 Å². The van der Waals surface area contributed by atoms with E-state index >= 15 is 0 Å². The van der Waals surface area contributed by atoms with Gasteiger partial charge in [-0.3, -0.25) is 4.79 Å². The van der Waals surface area contributed by atoms with Crippen LogP contribution in [0.15, 0.2) is 0 Å². The zero-order valence-corrected chi connectivity index (χ0v) is 7.41. The summed E-state index contributed by atoms with van der Waals surface area (Å²) in [6, 6.07) is 0. The van der Waals surface area contributed by atoms with Gasteiger partial charge in [0.15, 0.2) is 0 Å². The van der Waals surface area contributed by atoms with Crippen LogP contribution in [0.1, 0.15) is 13.3 Å². The van der Waals surface area contributed by atoms with Gasteiger partial charge in [0.1, 0.15) is 5.54 Å². The van der Waals surface area contributed by atoms with Gasteiger partial charge < -0.3 is 10.4 Å². The van der Waals surface area contributed by atoms with E-state index in [2.05, 4.69) is 5.32 Å². The molecule has 0 aromatic carbocycles. The number of likely N-dealkylation sites (N-methyl/N-ethyl adjacent to an activating group) is 1. The van der Waals surface area contributed by atoms with E-state index < -0.39 is 11.5 Å². The third-order valence-electron chi connectivity index (χ3n) is 1.95. The van der Waals surface area contributed by atoms with Crippen LogP contribution < -0.4 is 5.32 Å². The van der Waals surface area contributed by atoms with E-state index in [0.29, 0.717) is 5.75 Å². The molecule has 0 spiro atoms. The van der Waals surface area contributed by atoms with Gasteiger partial charge in [-0.1, -0.05) is 6.92 Å². The highest BCUT2D eigenvalue weighted by Crippen LogP contribution is 2.27. The number of hydrogen-bond donors (Lipinski definition) is 2. The van der Waals surface area contributed by atoms with Crippen LogP contribution in [0.2, 0.25) is 0 Å². The van der Waals surface area contributed by atoms with E-state index in [0.717, 1.165) is 18.7 Å². The summed E-state index contributed by atoms with van der Waals surface area (Å²) >= 11 is 1.71. The molecule has 64 valence electrons. The van der Waals surface area contributed by atoms with Crippen molar-refractivity contribution in [3.8, 4) is 0 Å². The molecule has 1 atom stereocenters. The first-order valence-electron chi connectivity index (χ1n) is 3.77. The minimum Gasteiger partial charge on any atom is -0.480 e. The van der Waals surface area contributed by atoms with E-state index in [1.165, 1.54) is 0 Å². The molecule has 1 heterocycles. The number of carbonyl (C=O) groups is 1. The third-order valence-corrected chi connectivity index (χ3v) is 3.14. The van der Waals surface area contributed by atoms with Crippen LogP contribution in [-0.2, 0) is 4.79 Å². The molecule has 0 bridgehead atoms. The predicted molar refractivity (Wildman–Crippen MR) is 46.0 cm³/mol. The van der Waals surface area contributed by atoms with Gasteiger partial charge in [0.05, 0.1) is 0 Å². The zero-order valence-electron chi connectivity index (χ0n) is 6.59. The van der Waals surface area contributed by atoms with Crippen molar-refractivity contribution in [3.63, 3.8) is 0 Å². The molecule has 1 rings (SSSR count). The molecule has 11 heavy (non-hydrogen) atoms. The number of carboxylic acids is 1. The Morgan fingerprint density at radius 2 is 2.55 bits per heavy atom. The van der Waals surface area contributed by atoms with Crippen LogP contribution in [0.4, 0.5) is 0 Å². The van der Waals surface area contributed by atoms with Crippen molar-refractivity contribution < 1.29 is 9.90 Å². The third kappa shape index (κ3) is 1.68. The molecule has 1 aliphatic rings. The second-order valence-corrected chi connectivity index (χ2v) is 3.83. The largest absolute Gasteiger partial charge is 0.480 e. The second-order valence-electron chi connectivity index (χ2n) is 2.72. The average molecular weight is 175 g/mol. The van der Waals surface area contributed by atoms with E-state index in [4.69, 9.17) is 5.11 Å². The van der Waals surface area contributed by atoms with Crippen molar-refractivity contribution in [2.24, 2.45) is 0 Å². The van der Waals surface area contributed by atoms with Crippen molar-refractivity contribution in [1.82, 2.24) is 5.32 Å². The molecule has 0 saturated carbocycles. The monoisotopic (exact) mass is 175 g/mol. The van der Waals surface area contributed by atoms with Gasteiger partial charge in [0.2, 0.25) is 0 Å². The summed E-state index contributed by atoms with van der Waals surface area (Å²) < 4.78 is 0. The Morgan fingerprint density at radius 1 is 1.82 bits per heavy atom. The Kier molecular flexibility index (Phi) is 2.78. The highest BCUT2D eigenvalue weighted by atomic mass is 32.2. The van der Waals surface area contributed by atoms with Crippen LogP contribution in [-0.4, -0.2) is 34.7 Å². The molecule has 3 nitrogen and oxygen atoms in total. The Hall–Kier alpha value is -0.220. The van der Waals surface area contributed by atoms with Crippen molar-refractivity contribution in [1.29, 1.82) is 0 Å². The maximum Gasteiger partial charge on any atom is 0.324 e. The summed E-state index contributed by atoms with van der Waals surface area (Å²) in [5.41, 5.74) is -0.626. The van der Waals surface area contributed by atoms with Crippen molar-refractivity contribution in [3.05, 3.63) is 0 Å². The predicted octanol–water partition coefficient (Wildman–Crippen LogP) is 0.556. The molecule has 1 aliphatic heterocycles. The molecule has 0 amide bonds. The molecule has 1 fully saturated rings. The highest BCUT2D eigenvalue weighted by molar-refractivity contribution is 7.99. The topological polar surface area (TPSA) is 49.3 Å². The van der Waals surface area contributed by atoms with Gasteiger partial charge >= 0.3 is 5.97 Å². The molecular formula is C7H13NO2S. The van der Waals surface area contributed by atoms with Gasteiger partial charge in [-0.2, -0.15) is 11.8 Å². The number of aliphatic carboxylic acids is 1. The van der Waals surface area contributed by atoms with E-state index in [9.17, 15) is 4.79 Å². The minimum atomic E-state index is -0.704. The maximum atomic E-state index is 10.8. The summed E-state index contributed by atoms with van der Waals surface area (Å²) in [7, 11) is 0. The lowest BCUT2D eigenvalue weighted by Gasteiger charge is -2.23. The zero-order chi connectivity index (χ0) is 8.32. The normalized spacial score (nSPS) is 30.6. The molecule has 0 aromatic rings. The molecule has 0 aromatic heterocycles. The smallest absolute Gasteiger partial charge is 0.324 e. The molecule has 2 N–H and O–H groups in total. The van der Waals surface area contributed by atoms with Crippen LogP contribution in [0.3, 0.4) is 0 Å². The van der Waals surface area contributed by atoms with Gasteiger partial charge in [0, 0.05) is 5.75 Å². The number of carboxylic acid groups (broad SMARTS) is 1. The molecular weight excluding hydrogens is 162 g/mol. The first-order chi connectivity index (χ1) is 5.21. The fourth-order valence-corrected chi connectivity index (χ4v) is 2.64. The summed E-state index contributed by atoms with van der Waals surface area (Å²) in [6.45, 7) is 2.67. The first kappa shape index (κ1) is 8.87. The van der Waals surface area contributed by atoms with Gasteiger partial charge in [-0.25, -0.2) is 0 Å². The van der Waals surface area contributed by atoms with Crippen molar-refractivity contribution in [2.45, 2.75) is 18.9 Å². The standard InChI is InChI=1S/C7H13NO2S/c1-2-8-7(6(9)10)3-4-11-5-7/h8H,2-5H2,1H3,(H,9,10).